The third-order valence-corrected chi connectivity index (χ3v) is 8.03. The van der Waals surface area contributed by atoms with Crippen LogP contribution in [0.2, 0.25) is 0 Å². The molecule has 1 saturated carbocycles. The SMILES string of the molecule is CC1CC2CC1CN2Cc1cc2ccc(Cn3ccc4ccncc4c3=O)cc2n1C(=O)OC(C)(C)C. The number of benzene rings is 1. The van der Waals surface area contributed by atoms with Gasteiger partial charge in [0.05, 0.1) is 17.4 Å². The van der Waals surface area contributed by atoms with Gasteiger partial charge in [-0.1, -0.05) is 19.1 Å². The summed E-state index contributed by atoms with van der Waals surface area (Å²) in [5.41, 5.74) is 2.04. The lowest BCUT2D eigenvalue weighted by Gasteiger charge is -2.30. The van der Waals surface area contributed by atoms with Gasteiger partial charge in [-0.25, -0.2) is 9.36 Å². The van der Waals surface area contributed by atoms with Crippen LogP contribution in [0, 0.1) is 11.8 Å². The van der Waals surface area contributed by atoms with Crippen molar-refractivity contribution in [3.63, 3.8) is 0 Å². The summed E-state index contributed by atoms with van der Waals surface area (Å²) in [6.45, 7) is 10.3. The molecule has 1 aliphatic carbocycles. The van der Waals surface area contributed by atoms with Crippen molar-refractivity contribution in [2.45, 2.75) is 65.3 Å². The molecule has 0 amide bonds. The fourth-order valence-electron chi connectivity index (χ4n) is 6.19. The maximum Gasteiger partial charge on any atom is 0.419 e. The molecule has 1 saturated heterocycles. The van der Waals surface area contributed by atoms with Crippen LogP contribution in [0.5, 0.6) is 0 Å². The van der Waals surface area contributed by atoms with Crippen LogP contribution in [0.15, 0.2) is 59.8 Å². The first-order valence-electron chi connectivity index (χ1n) is 13.2. The molecule has 37 heavy (non-hydrogen) atoms. The van der Waals surface area contributed by atoms with Gasteiger partial charge in [0.2, 0.25) is 0 Å². The molecule has 2 aliphatic rings. The fraction of sp³-hybridized carbons (Fsp3) is 0.433. The quantitative estimate of drug-likeness (QED) is 0.376. The van der Waals surface area contributed by atoms with E-state index in [0.717, 1.165) is 52.5 Å². The summed E-state index contributed by atoms with van der Waals surface area (Å²) < 4.78 is 9.28. The fourth-order valence-corrected chi connectivity index (χ4v) is 6.19. The van der Waals surface area contributed by atoms with E-state index in [0.29, 0.717) is 18.0 Å². The Labute approximate surface area is 216 Å². The van der Waals surface area contributed by atoms with Crippen molar-refractivity contribution < 1.29 is 9.53 Å². The van der Waals surface area contributed by atoms with Gasteiger partial charge in [0, 0.05) is 48.8 Å². The second-order valence-electron chi connectivity index (χ2n) is 11.8. The molecule has 192 valence electrons. The minimum absolute atomic E-state index is 0.0766. The van der Waals surface area contributed by atoms with Crippen molar-refractivity contribution >= 4 is 27.8 Å². The lowest BCUT2D eigenvalue weighted by Crippen LogP contribution is -2.35. The number of carbonyl (C=O) groups excluding carboxylic acids is 1. The zero-order chi connectivity index (χ0) is 25.9. The van der Waals surface area contributed by atoms with Crippen LogP contribution in [-0.2, 0) is 17.8 Å². The largest absolute Gasteiger partial charge is 0.443 e. The minimum Gasteiger partial charge on any atom is -0.443 e. The van der Waals surface area contributed by atoms with Crippen LogP contribution in [-0.4, -0.2) is 43.3 Å². The van der Waals surface area contributed by atoms with E-state index in [4.69, 9.17) is 4.74 Å². The van der Waals surface area contributed by atoms with Gasteiger partial charge in [0.1, 0.15) is 5.60 Å². The predicted molar refractivity (Wildman–Crippen MR) is 145 cm³/mol. The molecule has 3 aromatic heterocycles. The van der Waals surface area contributed by atoms with Crippen molar-refractivity contribution in [2.24, 2.45) is 11.8 Å². The molecule has 3 unspecified atom stereocenters. The first kappa shape index (κ1) is 23.9. The van der Waals surface area contributed by atoms with Crippen molar-refractivity contribution in [3.8, 4) is 0 Å². The second kappa shape index (κ2) is 8.84. The highest BCUT2D eigenvalue weighted by atomic mass is 16.6. The summed E-state index contributed by atoms with van der Waals surface area (Å²) in [7, 11) is 0. The Bertz CT molecular complexity index is 1560. The second-order valence-corrected chi connectivity index (χ2v) is 11.8. The smallest absolute Gasteiger partial charge is 0.419 e. The first-order valence-corrected chi connectivity index (χ1v) is 13.2. The number of piperidine rings is 1. The van der Waals surface area contributed by atoms with Gasteiger partial charge in [0.15, 0.2) is 0 Å². The van der Waals surface area contributed by atoms with E-state index in [-0.39, 0.29) is 11.7 Å². The van der Waals surface area contributed by atoms with E-state index in [1.54, 1.807) is 21.5 Å². The molecule has 7 nitrogen and oxygen atoms in total. The third-order valence-electron chi connectivity index (χ3n) is 8.03. The number of nitrogens with zero attached hydrogens (tertiary/aromatic N) is 4. The highest BCUT2D eigenvalue weighted by molar-refractivity contribution is 5.91. The molecule has 3 atom stereocenters. The summed E-state index contributed by atoms with van der Waals surface area (Å²) >= 11 is 0. The molecule has 0 radical (unpaired) electrons. The summed E-state index contributed by atoms with van der Waals surface area (Å²) in [6, 6.07) is 12.6. The van der Waals surface area contributed by atoms with E-state index in [1.807, 2.05) is 57.3 Å². The van der Waals surface area contributed by atoms with Crippen LogP contribution >= 0.6 is 0 Å². The summed E-state index contributed by atoms with van der Waals surface area (Å²) in [6.07, 6.45) is 7.25. The highest BCUT2D eigenvalue weighted by Gasteiger charge is 2.42. The number of aromatic nitrogens is 3. The predicted octanol–water partition coefficient (Wildman–Crippen LogP) is 5.41. The van der Waals surface area contributed by atoms with E-state index >= 15 is 0 Å². The van der Waals surface area contributed by atoms with Gasteiger partial charge < -0.3 is 9.30 Å². The van der Waals surface area contributed by atoms with Crippen molar-refractivity contribution in [1.82, 2.24) is 19.0 Å². The zero-order valence-corrected chi connectivity index (χ0v) is 22.0. The van der Waals surface area contributed by atoms with Crippen LogP contribution in [0.1, 0.15) is 51.8 Å². The number of fused-ring (bicyclic) bond motifs is 4. The maximum atomic E-state index is 13.5. The van der Waals surface area contributed by atoms with Crippen molar-refractivity contribution in [3.05, 3.63) is 76.6 Å². The summed E-state index contributed by atoms with van der Waals surface area (Å²) in [5, 5.41) is 2.47. The van der Waals surface area contributed by atoms with E-state index < -0.39 is 5.60 Å². The Morgan fingerprint density at radius 3 is 2.65 bits per heavy atom. The molecule has 0 N–H and O–H groups in total. The normalized spacial score (nSPS) is 21.8. The standard InChI is InChI=1S/C30H34N4O3/c1-19-11-24-14-23(19)17-33(24)18-25-13-22-6-5-20(12-27(22)34(25)29(36)37-30(2,3)4)16-32-10-8-21-7-9-31-15-26(21)28(32)35/h5-10,12-13,15,19,23-24H,11,14,16-18H2,1-4H3. The summed E-state index contributed by atoms with van der Waals surface area (Å²) in [5.74, 6) is 1.54. The number of likely N-dealkylation sites (tertiary alicyclic amines) is 1. The van der Waals surface area contributed by atoms with Crippen LogP contribution in [0.3, 0.4) is 0 Å². The lowest BCUT2D eigenvalue weighted by atomic mass is 9.97. The number of ether oxygens (including phenoxy) is 1. The van der Waals surface area contributed by atoms with E-state index in [9.17, 15) is 9.59 Å². The van der Waals surface area contributed by atoms with Gasteiger partial charge in [-0.05, 0) is 80.7 Å². The molecule has 2 fully saturated rings. The molecule has 2 bridgehead atoms. The average molecular weight is 499 g/mol. The monoisotopic (exact) mass is 498 g/mol. The molecule has 6 rings (SSSR count). The Kier molecular flexibility index (Phi) is 5.71. The number of carbonyl (C=O) groups is 1. The third kappa shape index (κ3) is 4.46. The number of hydrogen-bond donors (Lipinski definition) is 0. The maximum absolute atomic E-state index is 13.5. The first-order chi connectivity index (χ1) is 17.7. The average Bonchev–Trinajstić information content (AvgIpc) is 3.51. The van der Waals surface area contributed by atoms with Crippen LogP contribution in [0.4, 0.5) is 4.79 Å². The molecule has 7 heteroatoms. The minimum atomic E-state index is -0.600. The van der Waals surface area contributed by atoms with E-state index in [1.165, 1.54) is 12.8 Å². The van der Waals surface area contributed by atoms with E-state index in [2.05, 4.69) is 22.9 Å². The van der Waals surface area contributed by atoms with Crippen LogP contribution in [0.25, 0.3) is 21.7 Å². The molecular formula is C30H34N4O3. The van der Waals surface area contributed by atoms with Crippen LogP contribution < -0.4 is 5.56 Å². The number of pyridine rings is 2. The van der Waals surface area contributed by atoms with Gasteiger partial charge >= 0.3 is 6.09 Å². The molecule has 4 heterocycles. The topological polar surface area (TPSA) is 69.4 Å². The Morgan fingerprint density at radius 2 is 1.92 bits per heavy atom. The Hall–Kier alpha value is -3.45. The van der Waals surface area contributed by atoms with Crippen molar-refractivity contribution in [2.75, 3.05) is 6.54 Å². The molecular weight excluding hydrogens is 464 g/mol. The number of rotatable bonds is 4. The van der Waals surface area contributed by atoms with Gasteiger partial charge in [0.25, 0.3) is 5.56 Å². The van der Waals surface area contributed by atoms with Gasteiger partial charge in [-0.15, -0.1) is 0 Å². The number of hydrogen-bond acceptors (Lipinski definition) is 5. The van der Waals surface area contributed by atoms with Crippen molar-refractivity contribution in [1.29, 1.82) is 0 Å². The molecule has 1 aromatic carbocycles. The highest BCUT2D eigenvalue weighted by Crippen LogP contribution is 2.42. The molecule has 0 spiro atoms. The molecule has 1 aliphatic heterocycles. The Morgan fingerprint density at radius 1 is 1.08 bits per heavy atom. The summed E-state index contributed by atoms with van der Waals surface area (Å²) in [4.78, 5) is 33.2. The van der Waals surface area contributed by atoms with Gasteiger partial charge in [-0.3, -0.25) is 14.7 Å². The molecule has 4 aromatic rings. The Balaban J connectivity index is 1.37. The zero-order valence-electron chi connectivity index (χ0n) is 22.0. The van der Waals surface area contributed by atoms with Gasteiger partial charge in [-0.2, -0.15) is 0 Å². The lowest BCUT2D eigenvalue weighted by molar-refractivity contribution is 0.0534.